The monoisotopic (exact) mass is 275 g/mol. The van der Waals surface area contributed by atoms with Crippen LogP contribution in [0.15, 0.2) is 18.2 Å². The van der Waals surface area contributed by atoms with E-state index in [9.17, 15) is 4.79 Å². The van der Waals surface area contributed by atoms with Gasteiger partial charge in [0.2, 0.25) is 0 Å². The molecule has 2 rings (SSSR count). The molecule has 110 valence electrons. The molecule has 0 aromatic heterocycles. The van der Waals surface area contributed by atoms with Gasteiger partial charge in [-0.1, -0.05) is 25.1 Å². The average Bonchev–Trinajstić information content (AvgIpc) is 2.86. The Labute approximate surface area is 121 Å². The fourth-order valence-electron chi connectivity index (χ4n) is 2.96. The third kappa shape index (κ3) is 4.07. The van der Waals surface area contributed by atoms with Gasteiger partial charge >= 0.3 is 5.97 Å². The largest absolute Gasteiger partial charge is 0.466 e. The van der Waals surface area contributed by atoms with Crippen LogP contribution >= 0.6 is 0 Å². The van der Waals surface area contributed by atoms with E-state index in [1.54, 1.807) is 0 Å². The second-order valence-corrected chi connectivity index (χ2v) is 5.42. The van der Waals surface area contributed by atoms with E-state index in [2.05, 4.69) is 30.4 Å². The maximum atomic E-state index is 11.6. The minimum Gasteiger partial charge on any atom is -0.466 e. The topological polar surface area (TPSA) is 38.3 Å². The highest BCUT2D eigenvalue weighted by atomic mass is 16.5. The van der Waals surface area contributed by atoms with Gasteiger partial charge in [-0.3, -0.25) is 4.79 Å². The fourth-order valence-corrected chi connectivity index (χ4v) is 2.96. The van der Waals surface area contributed by atoms with Gasteiger partial charge in [-0.25, -0.2) is 0 Å². The molecule has 0 spiro atoms. The molecule has 0 heterocycles. The van der Waals surface area contributed by atoms with Crippen LogP contribution in [-0.2, 0) is 28.8 Å². The van der Waals surface area contributed by atoms with Gasteiger partial charge in [0.05, 0.1) is 13.0 Å². The summed E-state index contributed by atoms with van der Waals surface area (Å²) in [7, 11) is 0. The number of hydrogen-bond acceptors (Lipinski definition) is 3. The number of likely N-dealkylation sites (N-methyl/N-ethyl adjacent to an activating group) is 1. The summed E-state index contributed by atoms with van der Waals surface area (Å²) in [5.41, 5.74) is 4.31. The number of carbonyl (C=O) groups is 1. The molecule has 0 radical (unpaired) electrons. The van der Waals surface area contributed by atoms with Gasteiger partial charge in [-0.15, -0.1) is 0 Å². The molecule has 0 aliphatic heterocycles. The summed E-state index contributed by atoms with van der Waals surface area (Å²) in [6, 6.07) is 6.95. The maximum absolute atomic E-state index is 11.6. The van der Waals surface area contributed by atoms with E-state index in [1.807, 2.05) is 6.92 Å². The Kier molecular flexibility index (Phi) is 5.60. The van der Waals surface area contributed by atoms with E-state index < -0.39 is 0 Å². The van der Waals surface area contributed by atoms with Gasteiger partial charge < -0.3 is 10.1 Å². The minimum atomic E-state index is -0.111. The van der Waals surface area contributed by atoms with Gasteiger partial charge in [0.1, 0.15) is 0 Å². The second kappa shape index (κ2) is 7.44. The predicted octanol–water partition coefficient (Wildman–Crippen LogP) is 2.65. The molecule has 0 bridgehead atoms. The van der Waals surface area contributed by atoms with Crippen LogP contribution in [0.5, 0.6) is 0 Å². The van der Waals surface area contributed by atoms with Crippen molar-refractivity contribution < 1.29 is 9.53 Å². The summed E-state index contributed by atoms with van der Waals surface area (Å²) in [6.45, 7) is 5.24. The predicted molar refractivity (Wildman–Crippen MR) is 80.9 cm³/mol. The lowest BCUT2D eigenvalue weighted by Gasteiger charge is -2.17. The Bertz CT molecular complexity index is 456. The van der Waals surface area contributed by atoms with Crippen LogP contribution < -0.4 is 5.32 Å². The summed E-state index contributed by atoms with van der Waals surface area (Å²) < 4.78 is 5.05. The molecule has 1 N–H and O–H groups in total. The normalized spacial score (nSPS) is 14.9. The van der Waals surface area contributed by atoms with Gasteiger partial charge in [0.25, 0.3) is 0 Å². The lowest BCUT2D eigenvalue weighted by molar-refractivity contribution is -0.143. The van der Waals surface area contributed by atoms with Crippen molar-refractivity contribution in [3.05, 3.63) is 34.9 Å². The number of carbonyl (C=O) groups excluding carboxylic acids is 1. The molecule has 0 saturated heterocycles. The molecule has 1 aromatic carbocycles. The van der Waals surface area contributed by atoms with Crippen LogP contribution in [0.1, 0.15) is 43.4 Å². The van der Waals surface area contributed by atoms with Crippen LogP contribution in [0.25, 0.3) is 0 Å². The van der Waals surface area contributed by atoms with Gasteiger partial charge in [-0.2, -0.15) is 0 Å². The zero-order chi connectivity index (χ0) is 14.4. The van der Waals surface area contributed by atoms with Crippen LogP contribution in [-0.4, -0.2) is 25.2 Å². The van der Waals surface area contributed by atoms with Crippen molar-refractivity contribution in [3.63, 3.8) is 0 Å². The summed E-state index contributed by atoms with van der Waals surface area (Å²) in [5, 5.41) is 3.39. The molecule has 20 heavy (non-hydrogen) atoms. The van der Waals surface area contributed by atoms with Crippen LogP contribution in [0.4, 0.5) is 0 Å². The van der Waals surface area contributed by atoms with Crippen molar-refractivity contribution in [2.45, 2.75) is 52.0 Å². The van der Waals surface area contributed by atoms with E-state index in [-0.39, 0.29) is 12.0 Å². The fraction of sp³-hybridized carbons (Fsp3) is 0.588. The summed E-state index contributed by atoms with van der Waals surface area (Å²) >= 11 is 0. The standard InChI is InChI=1S/C17H25NO2/c1-3-18-16(12-17(19)20-4-2)11-13-8-9-14-6-5-7-15(14)10-13/h8-10,16,18H,3-7,11-12H2,1-2H3. The third-order valence-electron chi connectivity index (χ3n) is 3.86. The first-order chi connectivity index (χ1) is 9.72. The number of aryl methyl sites for hydroxylation is 2. The zero-order valence-electron chi connectivity index (χ0n) is 12.6. The number of nitrogens with one attached hydrogen (secondary N) is 1. The first-order valence-corrected chi connectivity index (χ1v) is 7.72. The zero-order valence-corrected chi connectivity index (χ0v) is 12.6. The highest BCUT2D eigenvalue weighted by Crippen LogP contribution is 2.23. The number of ether oxygens (including phenoxy) is 1. The van der Waals surface area contributed by atoms with Crippen molar-refractivity contribution in [3.8, 4) is 0 Å². The number of fused-ring (bicyclic) bond motifs is 1. The van der Waals surface area contributed by atoms with Gasteiger partial charge in [0.15, 0.2) is 0 Å². The van der Waals surface area contributed by atoms with Crippen molar-refractivity contribution in [1.82, 2.24) is 5.32 Å². The van der Waals surface area contributed by atoms with Crippen LogP contribution in [0.2, 0.25) is 0 Å². The van der Waals surface area contributed by atoms with Crippen LogP contribution in [0, 0.1) is 0 Å². The summed E-state index contributed by atoms with van der Waals surface area (Å²) in [5.74, 6) is -0.111. The third-order valence-corrected chi connectivity index (χ3v) is 3.86. The van der Waals surface area contributed by atoms with Crippen molar-refractivity contribution in [2.24, 2.45) is 0 Å². The van der Waals surface area contributed by atoms with Crippen molar-refractivity contribution in [2.75, 3.05) is 13.2 Å². The molecular formula is C17H25NO2. The molecule has 3 heteroatoms. The number of rotatable bonds is 7. The van der Waals surface area contributed by atoms with E-state index in [1.165, 1.54) is 36.0 Å². The smallest absolute Gasteiger partial charge is 0.307 e. The first kappa shape index (κ1) is 15.0. The molecule has 1 aromatic rings. The molecule has 3 nitrogen and oxygen atoms in total. The quantitative estimate of drug-likeness (QED) is 0.777. The second-order valence-electron chi connectivity index (χ2n) is 5.42. The van der Waals surface area contributed by atoms with Crippen molar-refractivity contribution >= 4 is 5.97 Å². The summed E-state index contributed by atoms with van der Waals surface area (Å²) in [6.07, 6.45) is 5.03. The Hall–Kier alpha value is -1.35. The molecule has 1 aliphatic rings. The Morgan fingerprint density at radius 1 is 1.30 bits per heavy atom. The molecule has 1 atom stereocenters. The molecular weight excluding hydrogens is 250 g/mol. The van der Waals surface area contributed by atoms with E-state index in [0.29, 0.717) is 13.0 Å². The lowest BCUT2D eigenvalue weighted by Crippen LogP contribution is -2.33. The number of benzene rings is 1. The minimum absolute atomic E-state index is 0.111. The van der Waals surface area contributed by atoms with Crippen molar-refractivity contribution in [1.29, 1.82) is 0 Å². The van der Waals surface area contributed by atoms with Crippen LogP contribution in [0.3, 0.4) is 0 Å². The Morgan fingerprint density at radius 2 is 2.10 bits per heavy atom. The Morgan fingerprint density at radius 3 is 2.85 bits per heavy atom. The Balaban J connectivity index is 1.98. The molecule has 0 fully saturated rings. The molecule has 1 aliphatic carbocycles. The molecule has 0 amide bonds. The van der Waals surface area contributed by atoms with Gasteiger partial charge in [-0.05, 0) is 55.8 Å². The number of hydrogen-bond donors (Lipinski definition) is 1. The number of esters is 1. The van der Waals surface area contributed by atoms with E-state index >= 15 is 0 Å². The molecule has 0 saturated carbocycles. The maximum Gasteiger partial charge on any atom is 0.307 e. The van der Waals surface area contributed by atoms with E-state index in [0.717, 1.165) is 13.0 Å². The van der Waals surface area contributed by atoms with E-state index in [4.69, 9.17) is 4.74 Å². The van der Waals surface area contributed by atoms with Gasteiger partial charge in [0, 0.05) is 6.04 Å². The highest BCUT2D eigenvalue weighted by Gasteiger charge is 2.16. The first-order valence-electron chi connectivity index (χ1n) is 7.72. The lowest BCUT2D eigenvalue weighted by atomic mass is 9.99. The molecule has 1 unspecified atom stereocenters. The average molecular weight is 275 g/mol. The summed E-state index contributed by atoms with van der Waals surface area (Å²) in [4.78, 5) is 11.6. The SMILES string of the molecule is CCNC(CC(=O)OCC)Cc1ccc2c(c1)CCC2. The highest BCUT2D eigenvalue weighted by molar-refractivity contribution is 5.70.